The zero-order chi connectivity index (χ0) is 14.1. The van der Waals surface area contributed by atoms with Gasteiger partial charge in [0, 0.05) is 22.3 Å². The van der Waals surface area contributed by atoms with Gasteiger partial charge in [0.05, 0.1) is 13.2 Å². The van der Waals surface area contributed by atoms with Crippen molar-refractivity contribution in [2.24, 2.45) is 0 Å². The largest absolute Gasteiger partial charge is 0.464 e. The van der Waals surface area contributed by atoms with Crippen molar-refractivity contribution in [3.05, 3.63) is 21.9 Å². The van der Waals surface area contributed by atoms with Gasteiger partial charge in [0.1, 0.15) is 6.61 Å². The van der Waals surface area contributed by atoms with Gasteiger partial charge in [-0.05, 0) is 39.3 Å². The zero-order valence-electron chi connectivity index (χ0n) is 11.9. The summed E-state index contributed by atoms with van der Waals surface area (Å²) in [4.78, 5) is 13.8. The van der Waals surface area contributed by atoms with Gasteiger partial charge in [-0.3, -0.25) is 0 Å². The first-order chi connectivity index (χ1) is 9.11. The van der Waals surface area contributed by atoms with Crippen LogP contribution in [0.1, 0.15) is 23.6 Å². The van der Waals surface area contributed by atoms with Gasteiger partial charge in [0.2, 0.25) is 0 Å². The van der Waals surface area contributed by atoms with E-state index in [2.05, 4.69) is 31.3 Å². The topological polar surface area (TPSA) is 47.6 Å². The molecule has 0 fully saturated rings. The molecule has 1 heterocycles. The molecule has 0 aliphatic rings. The Morgan fingerprint density at radius 2 is 2.26 bits per heavy atom. The van der Waals surface area contributed by atoms with E-state index in [1.54, 1.807) is 6.92 Å². The summed E-state index contributed by atoms with van der Waals surface area (Å²) in [6, 6.07) is 4.73. The van der Waals surface area contributed by atoms with Crippen molar-refractivity contribution in [2.75, 3.05) is 26.4 Å². The van der Waals surface area contributed by atoms with Crippen molar-refractivity contribution in [3.8, 4) is 0 Å². The molecule has 1 atom stereocenters. The molecule has 108 valence electrons. The molecule has 0 radical (unpaired) electrons. The van der Waals surface area contributed by atoms with Crippen LogP contribution < -0.4 is 5.32 Å². The molecule has 0 spiro atoms. The van der Waals surface area contributed by atoms with Crippen LogP contribution in [-0.4, -0.2) is 38.4 Å². The second-order valence-corrected chi connectivity index (χ2v) is 5.80. The lowest BCUT2D eigenvalue weighted by atomic mass is 10.2. The van der Waals surface area contributed by atoms with Crippen molar-refractivity contribution in [1.82, 2.24) is 5.32 Å². The van der Waals surface area contributed by atoms with E-state index in [0.29, 0.717) is 19.3 Å². The molecule has 0 amide bonds. The Kier molecular flexibility index (Phi) is 7.70. The smallest absolute Gasteiger partial charge is 0.332 e. The molecule has 0 aliphatic heterocycles. The molecular weight excluding hydrogens is 262 g/mol. The van der Waals surface area contributed by atoms with Gasteiger partial charge in [-0.15, -0.1) is 11.3 Å². The highest BCUT2D eigenvalue weighted by Gasteiger charge is 2.05. The molecule has 0 aliphatic carbocycles. The lowest BCUT2D eigenvalue weighted by Crippen LogP contribution is -2.31. The molecule has 4 nitrogen and oxygen atoms in total. The van der Waals surface area contributed by atoms with Gasteiger partial charge >= 0.3 is 5.97 Å². The molecule has 19 heavy (non-hydrogen) atoms. The zero-order valence-corrected chi connectivity index (χ0v) is 12.7. The van der Waals surface area contributed by atoms with Gasteiger partial charge in [-0.1, -0.05) is 0 Å². The number of rotatable bonds is 9. The molecule has 5 heteroatoms. The van der Waals surface area contributed by atoms with Gasteiger partial charge < -0.3 is 14.8 Å². The van der Waals surface area contributed by atoms with Crippen molar-refractivity contribution in [1.29, 1.82) is 0 Å². The first-order valence-electron chi connectivity index (χ1n) is 6.64. The summed E-state index contributed by atoms with van der Waals surface area (Å²) in [5, 5.41) is 3.38. The van der Waals surface area contributed by atoms with Crippen LogP contribution in [0.5, 0.6) is 0 Å². The second-order valence-electron chi connectivity index (χ2n) is 4.43. The van der Waals surface area contributed by atoms with Crippen molar-refractivity contribution in [2.45, 2.75) is 33.2 Å². The quantitative estimate of drug-likeness (QED) is 0.558. The summed E-state index contributed by atoms with van der Waals surface area (Å²) in [6.45, 7) is 7.76. The molecule has 1 aromatic heterocycles. The Bertz CT molecular complexity index is 379. The third-order valence-electron chi connectivity index (χ3n) is 2.57. The van der Waals surface area contributed by atoms with Gasteiger partial charge in [0.15, 0.2) is 0 Å². The summed E-state index contributed by atoms with van der Waals surface area (Å²) in [6.07, 6.45) is 1.02. The van der Waals surface area contributed by atoms with Crippen LogP contribution in [0.4, 0.5) is 0 Å². The Balaban J connectivity index is 2.04. The third kappa shape index (κ3) is 7.30. The van der Waals surface area contributed by atoms with Crippen LogP contribution in [0.25, 0.3) is 0 Å². The molecular formula is C14H23NO3S. The van der Waals surface area contributed by atoms with Crippen LogP contribution in [0.2, 0.25) is 0 Å². The summed E-state index contributed by atoms with van der Waals surface area (Å²) in [7, 11) is 0. The lowest BCUT2D eigenvalue weighted by molar-refractivity contribution is -0.148. The van der Waals surface area contributed by atoms with E-state index in [4.69, 9.17) is 9.47 Å². The third-order valence-corrected chi connectivity index (χ3v) is 3.59. The maximum absolute atomic E-state index is 11.0. The molecule has 1 N–H and O–H groups in total. The number of nitrogens with one attached hydrogen (secondary N) is 1. The summed E-state index contributed by atoms with van der Waals surface area (Å²) in [5.74, 6) is -0.301. The van der Waals surface area contributed by atoms with Crippen LogP contribution in [-0.2, 0) is 20.7 Å². The van der Waals surface area contributed by atoms with Crippen LogP contribution in [0.3, 0.4) is 0 Å². The Labute approximate surface area is 119 Å². The van der Waals surface area contributed by atoms with Crippen molar-refractivity contribution >= 4 is 17.3 Å². The lowest BCUT2D eigenvalue weighted by Gasteiger charge is -2.12. The minimum absolute atomic E-state index is 0.0357. The maximum Gasteiger partial charge on any atom is 0.332 e. The minimum atomic E-state index is -0.301. The van der Waals surface area contributed by atoms with Gasteiger partial charge in [-0.2, -0.15) is 0 Å². The van der Waals surface area contributed by atoms with Crippen LogP contribution in [0, 0.1) is 6.92 Å². The number of ether oxygens (including phenoxy) is 2. The molecule has 0 saturated heterocycles. The maximum atomic E-state index is 11.0. The van der Waals surface area contributed by atoms with E-state index in [1.165, 1.54) is 9.75 Å². The first-order valence-corrected chi connectivity index (χ1v) is 7.45. The fraction of sp³-hybridized carbons (Fsp3) is 0.643. The molecule has 0 aromatic carbocycles. The van der Waals surface area contributed by atoms with E-state index in [1.807, 2.05) is 11.3 Å². The normalized spacial score (nSPS) is 12.4. The van der Waals surface area contributed by atoms with E-state index in [-0.39, 0.29) is 12.6 Å². The van der Waals surface area contributed by atoms with E-state index in [0.717, 1.165) is 13.0 Å². The predicted molar refractivity (Wildman–Crippen MR) is 77.7 cm³/mol. The number of esters is 1. The number of carbonyl (C=O) groups is 1. The van der Waals surface area contributed by atoms with Crippen molar-refractivity contribution < 1.29 is 14.3 Å². The number of hydrogen-bond acceptors (Lipinski definition) is 5. The average Bonchev–Trinajstić information content (AvgIpc) is 2.74. The monoisotopic (exact) mass is 285 g/mol. The van der Waals surface area contributed by atoms with E-state index in [9.17, 15) is 4.79 Å². The summed E-state index contributed by atoms with van der Waals surface area (Å²) in [5.41, 5.74) is 0. The van der Waals surface area contributed by atoms with Gasteiger partial charge in [0.25, 0.3) is 0 Å². The number of carbonyl (C=O) groups excluding carboxylic acids is 1. The van der Waals surface area contributed by atoms with Crippen LogP contribution in [0.15, 0.2) is 12.1 Å². The van der Waals surface area contributed by atoms with Gasteiger partial charge in [-0.25, -0.2) is 4.79 Å². The Morgan fingerprint density at radius 3 is 2.89 bits per heavy atom. The molecule has 1 rings (SSSR count). The molecule has 0 bridgehead atoms. The highest BCUT2D eigenvalue weighted by atomic mass is 32.1. The average molecular weight is 285 g/mol. The summed E-state index contributed by atoms with van der Waals surface area (Å²) < 4.78 is 9.99. The Hall–Kier alpha value is -0.910. The standard InChI is InChI=1S/C14H23NO3S/c1-4-18-14(16)10-17-8-7-15-11(2)9-13-6-5-12(3)19-13/h5-6,11,15H,4,7-10H2,1-3H3. The molecule has 1 aromatic rings. The SMILES string of the molecule is CCOC(=O)COCCNC(C)Cc1ccc(C)s1. The number of hydrogen-bond donors (Lipinski definition) is 1. The fourth-order valence-electron chi connectivity index (χ4n) is 1.70. The predicted octanol–water partition coefficient (Wildman–Crippen LogP) is 2.16. The fourth-order valence-corrected chi connectivity index (χ4v) is 2.72. The molecule has 1 unspecified atom stereocenters. The number of thiophene rings is 1. The van der Waals surface area contributed by atoms with Crippen molar-refractivity contribution in [3.63, 3.8) is 0 Å². The minimum Gasteiger partial charge on any atom is -0.464 e. The van der Waals surface area contributed by atoms with Crippen LogP contribution >= 0.6 is 11.3 Å². The highest BCUT2D eigenvalue weighted by molar-refractivity contribution is 7.11. The van der Waals surface area contributed by atoms with E-state index < -0.39 is 0 Å². The highest BCUT2D eigenvalue weighted by Crippen LogP contribution is 2.16. The molecule has 0 saturated carbocycles. The number of aryl methyl sites for hydroxylation is 1. The second kappa shape index (κ2) is 9.07. The van der Waals surface area contributed by atoms with E-state index >= 15 is 0 Å². The first kappa shape index (κ1) is 16.1. The summed E-state index contributed by atoms with van der Waals surface area (Å²) >= 11 is 1.84. The Morgan fingerprint density at radius 1 is 1.47 bits per heavy atom.